The molecular weight excluding hydrogens is 380 g/mol. The smallest absolute Gasteiger partial charge is 0.409 e. The molecule has 1 aromatic carbocycles. The number of hydrogen-bond donors (Lipinski definition) is 0. The minimum atomic E-state index is -0.276. The molecular formula is C23H26N4O3. The summed E-state index contributed by atoms with van der Waals surface area (Å²) in [6.07, 6.45) is 6.77. The van der Waals surface area contributed by atoms with Gasteiger partial charge in [-0.05, 0) is 24.8 Å². The number of amides is 1. The second kappa shape index (κ2) is 9.07. The molecule has 0 spiro atoms. The molecule has 0 unspecified atom stereocenters. The van der Waals surface area contributed by atoms with Gasteiger partial charge in [0.15, 0.2) is 5.78 Å². The molecule has 0 radical (unpaired) electrons. The highest BCUT2D eigenvalue weighted by Crippen LogP contribution is 2.27. The molecule has 0 saturated carbocycles. The third-order valence-corrected chi connectivity index (χ3v) is 5.51. The second-order valence-electron chi connectivity index (χ2n) is 7.56. The lowest BCUT2D eigenvalue weighted by atomic mass is 9.86. The van der Waals surface area contributed by atoms with Crippen LogP contribution in [0.4, 0.5) is 10.7 Å². The Morgan fingerprint density at radius 3 is 2.67 bits per heavy atom. The molecule has 1 aromatic heterocycles. The van der Waals surface area contributed by atoms with E-state index in [4.69, 9.17) is 9.72 Å². The summed E-state index contributed by atoms with van der Waals surface area (Å²) in [6.45, 7) is 4.60. The Bertz CT molecular complexity index is 937. The summed E-state index contributed by atoms with van der Waals surface area (Å²) in [5, 5.41) is 0. The van der Waals surface area contributed by atoms with Crippen molar-refractivity contribution in [1.82, 2.24) is 14.9 Å². The Morgan fingerprint density at radius 2 is 1.93 bits per heavy atom. The van der Waals surface area contributed by atoms with E-state index in [1.165, 1.54) is 0 Å². The first-order valence-electron chi connectivity index (χ1n) is 10.4. The number of benzene rings is 1. The lowest BCUT2D eigenvalue weighted by Gasteiger charge is -2.34. The van der Waals surface area contributed by atoms with E-state index in [1.54, 1.807) is 18.0 Å². The first kappa shape index (κ1) is 20.1. The quantitative estimate of drug-likeness (QED) is 0.776. The zero-order valence-corrected chi connectivity index (χ0v) is 17.2. The zero-order chi connectivity index (χ0) is 20.9. The largest absolute Gasteiger partial charge is 0.450 e. The Kier molecular flexibility index (Phi) is 6.07. The van der Waals surface area contributed by atoms with Crippen LogP contribution in [0.1, 0.15) is 35.0 Å². The number of Topliss-reactive ketones (excluding diaryl/α,β-unsaturated/α-hetero) is 1. The number of carbonyl (C=O) groups excluding carboxylic acids is 2. The van der Waals surface area contributed by atoms with Crippen LogP contribution in [0.2, 0.25) is 0 Å². The molecule has 4 rings (SSSR count). The Balaban J connectivity index is 1.44. The highest BCUT2D eigenvalue weighted by Gasteiger charge is 2.28. The maximum atomic E-state index is 12.6. The van der Waals surface area contributed by atoms with Crippen LogP contribution in [-0.2, 0) is 11.2 Å². The van der Waals surface area contributed by atoms with Gasteiger partial charge in [-0.3, -0.25) is 4.79 Å². The summed E-state index contributed by atoms with van der Waals surface area (Å²) in [5.41, 5.74) is 2.57. The summed E-state index contributed by atoms with van der Waals surface area (Å²) in [7, 11) is 0. The second-order valence-corrected chi connectivity index (χ2v) is 7.56. The maximum Gasteiger partial charge on any atom is 0.409 e. The van der Waals surface area contributed by atoms with Crippen LogP contribution in [-0.4, -0.2) is 59.5 Å². The van der Waals surface area contributed by atoms with E-state index in [2.05, 4.69) is 22.0 Å². The molecule has 7 heteroatoms. The van der Waals surface area contributed by atoms with E-state index in [9.17, 15) is 9.59 Å². The van der Waals surface area contributed by atoms with Gasteiger partial charge in [0.2, 0.25) is 5.95 Å². The standard InChI is InChI=1S/C23H26N4O3/c1-2-30-23(29)27-12-10-26(11-13-27)22-24-16-19-20(25-22)14-18(15-21(19)28)9-8-17-6-4-3-5-7-17/h3-9,16,18H,2,10-15H2,1H3/b9-8+/t18-/m0/s1. The summed E-state index contributed by atoms with van der Waals surface area (Å²) >= 11 is 0. The normalized spacial score (nSPS) is 19.1. The van der Waals surface area contributed by atoms with Crippen molar-refractivity contribution in [3.63, 3.8) is 0 Å². The molecule has 1 aliphatic carbocycles. The average Bonchev–Trinajstić information content (AvgIpc) is 2.78. The number of rotatable bonds is 4. The van der Waals surface area contributed by atoms with Gasteiger partial charge in [0, 0.05) is 38.8 Å². The van der Waals surface area contributed by atoms with E-state index in [1.807, 2.05) is 30.3 Å². The van der Waals surface area contributed by atoms with E-state index in [0.29, 0.717) is 50.7 Å². The lowest BCUT2D eigenvalue weighted by molar-refractivity contribution is 0.0956. The van der Waals surface area contributed by atoms with Gasteiger partial charge < -0.3 is 14.5 Å². The van der Waals surface area contributed by atoms with Crippen LogP contribution in [0.3, 0.4) is 0 Å². The molecule has 7 nitrogen and oxygen atoms in total. The van der Waals surface area contributed by atoms with Crippen LogP contribution in [0.15, 0.2) is 42.6 Å². The molecule has 30 heavy (non-hydrogen) atoms. The van der Waals surface area contributed by atoms with Crippen molar-refractivity contribution in [1.29, 1.82) is 0 Å². The lowest BCUT2D eigenvalue weighted by Crippen LogP contribution is -2.49. The van der Waals surface area contributed by atoms with Gasteiger partial charge in [-0.2, -0.15) is 0 Å². The van der Waals surface area contributed by atoms with Crippen molar-refractivity contribution in [3.8, 4) is 0 Å². The first-order chi connectivity index (χ1) is 14.6. The summed E-state index contributed by atoms with van der Waals surface area (Å²) in [6, 6.07) is 10.1. The Hall–Kier alpha value is -3.22. The molecule has 1 fully saturated rings. The first-order valence-corrected chi connectivity index (χ1v) is 10.4. The highest BCUT2D eigenvalue weighted by molar-refractivity contribution is 5.98. The van der Waals surface area contributed by atoms with Crippen LogP contribution in [0.25, 0.3) is 6.08 Å². The summed E-state index contributed by atoms with van der Waals surface area (Å²) < 4.78 is 5.07. The SMILES string of the molecule is CCOC(=O)N1CCN(c2ncc3c(n2)C[C@H](/C=C/c2ccccc2)CC3=O)CC1. The monoisotopic (exact) mass is 406 g/mol. The van der Waals surface area contributed by atoms with Crippen LogP contribution < -0.4 is 4.90 Å². The minimum absolute atomic E-state index is 0.0950. The van der Waals surface area contributed by atoms with Crippen molar-refractivity contribution in [3.05, 3.63) is 59.4 Å². The number of anilines is 1. The molecule has 1 saturated heterocycles. The third kappa shape index (κ3) is 4.50. The topological polar surface area (TPSA) is 75.6 Å². The molecule has 0 bridgehead atoms. The maximum absolute atomic E-state index is 12.6. The number of aromatic nitrogens is 2. The van der Waals surface area contributed by atoms with Crippen molar-refractivity contribution in [2.24, 2.45) is 5.92 Å². The van der Waals surface area contributed by atoms with Gasteiger partial charge in [0.1, 0.15) is 0 Å². The molecule has 2 aromatic rings. The number of carbonyl (C=O) groups is 2. The van der Waals surface area contributed by atoms with Crippen molar-refractivity contribution in [2.45, 2.75) is 19.8 Å². The Labute approximate surface area is 176 Å². The van der Waals surface area contributed by atoms with Crippen LogP contribution in [0.5, 0.6) is 0 Å². The van der Waals surface area contributed by atoms with Gasteiger partial charge in [0.25, 0.3) is 0 Å². The van der Waals surface area contributed by atoms with Crippen LogP contribution >= 0.6 is 0 Å². The number of piperazine rings is 1. The Morgan fingerprint density at radius 1 is 1.17 bits per heavy atom. The van der Waals surface area contributed by atoms with E-state index < -0.39 is 0 Å². The molecule has 2 heterocycles. The van der Waals surface area contributed by atoms with E-state index in [0.717, 1.165) is 17.7 Å². The fourth-order valence-electron chi connectivity index (χ4n) is 3.87. The average molecular weight is 406 g/mol. The van der Waals surface area contributed by atoms with Gasteiger partial charge >= 0.3 is 6.09 Å². The third-order valence-electron chi connectivity index (χ3n) is 5.51. The predicted octanol–water partition coefficient (Wildman–Crippen LogP) is 3.21. The number of hydrogen-bond acceptors (Lipinski definition) is 6. The van der Waals surface area contributed by atoms with Crippen molar-refractivity contribution in [2.75, 3.05) is 37.7 Å². The highest BCUT2D eigenvalue weighted by atomic mass is 16.6. The summed E-state index contributed by atoms with van der Waals surface area (Å²) in [4.78, 5) is 37.4. The van der Waals surface area contributed by atoms with Gasteiger partial charge in [-0.25, -0.2) is 14.8 Å². The van der Waals surface area contributed by atoms with E-state index >= 15 is 0 Å². The number of allylic oxidation sites excluding steroid dienone is 1. The molecule has 156 valence electrons. The molecule has 1 amide bonds. The van der Waals surface area contributed by atoms with Gasteiger partial charge in [-0.1, -0.05) is 42.5 Å². The predicted molar refractivity (Wildman–Crippen MR) is 114 cm³/mol. The number of ketones is 1. The fourth-order valence-corrected chi connectivity index (χ4v) is 3.87. The zero-order valence-electron chi connectivity index (χ0n) is 17.2. The molecule has 1 atom stereocenters. The number of fused-ring (bicyclic) bond motifs is 1. The van der Waals surface area contributed by atoms with Crippen LogP contribution in [0, 0.1) is 5.92 Å². The minimum Gasteiger partial charge on any atom is -0.450 e. The molecule has 2 aliphatic rings. The van der Waals surface area contributed by atoms with Gasteiger partial charge in [0.05, 0.1) is 17.9 Å². The number of ether oxygens (including phenoxy) is 1. The van der Waals surface area contributed by atoms with Crippen molar-refractivity contribution < 1.29 is 14.3 Å². The summed E-state index contributed by atoms with van der Waals surface area (Å²) in [5.74, 6) is 0.851. The molecule has 1 aliphatic heterocycles. The molecule has 0 N–H and O–H groups in total. The van der Waals surface area contributed by atoms with Gasteiger partial charge in [-0.15, -0.1) is 0 Å². The van der Waals surface area contributed by atoms with Crippen molar-refractivity contribution >= 4 is 23.9 Å². The van der Waals surface area contributed by atoms with E-state index in [-0.39, 0.29) is 17.8 Å². The number of nitrogens with zero attached hydrogens (tertiary/aromatic N) is 4. The fraction of sp³-hybridized carbons (Fsp3) is 0.391.